The van der Waals surface area contributed by atoms with Gasteiger partial charge in [-0.3, -0.25) is 4.79 Å². The predicted octanol–water partition coefficient (Wildman–Crippen LogP) is 2.51. The molecule has 1 unspecified atom stereocenters. The predicted molar refractivity (Wildman–Crippen MR) is 81.7 cm³/mol. The largest absolute Gasteiger partial charge is 0.494 e. The van der Waals surface area contributed by atoms with Crippen LogP contribution < -0.4 is 10.5 Å². The Hall–Kier alpha value is -2.29. The van der Waals surface area contributed by atoms with Crippen LogP contribution in [0.25, 0.3) is 0 Å². The van der Waals surface area contributed by atoms with Crippen molar-refractivity contribution in [2.45, 2.75) is 32.0 Å². The summed E-state index contributed by atoms with van der Waals surface area (Å²) < 4.78 is 51.3. The SMILES string of the molecule is CCOC(=O)CCCOc1ccc(C(CN)OC(=O)C(F)(F)F)cc1. The normalized spacial score (nSPS) is 12.4. The first-order valence-electron chi connectivity index (χ1n) is 7.64. The summed E-state index contributed by atoms with van der Waals surface area (Å²) >= 11 is 0. The molecule has 0 aliphatic heterocycles. The second-order valence-electron chi connectivity index (χ2n) is 4.95. The van der Waals surface area contributed by atoms with E-state index in [1.165, 1.54) is 24.3 Å². The minimum absolute atomic E-state index is 0.231. The highest BCUT2D eigenvalue weighted by Crippen LogP contribution is 2.24. The number of carbonyl (C=O) groups is 2. The fraction of sp³-hybridized carbons (Fsp3) is 0.500. The van der Waals surface area contributed by atoms with Crippen LogP contribution in [0.2, 0.25) is 0 Å². The number of rotatable bonds is 9. The molecule has 1 atom stereocenters. The summed E-state index contributed by atoms with van der Waals surface area (Å²) in [5, 5.41) is 0. The van der Waals surface area contributed by atoms with Gasteiger partial charge < -0.3 is 19.9 Å². The summed E-state index contributed by atoms with van der Waals surface area (Å²) in [6.07, 6.45) is -5.58. The summed E-state index contributed by atoms with van der Waals surface area (Å²) in [6.45, 7) is 2.03. The average molecular weight is 363 g/mol. The van der Waals surface area contributed by atoms with Gasteiger partial charge in [-0.15, -0.1) is 0 Å². The standard InChI is InChI=1S/C16H20F3NO5/c1-2-23-14(21)4-3-9-24-12-7-5-11(6-8-12)13(10-20)25-15(22)16(17,18)19/h5-8,13H,2-4,9-10,20H2,1H3. The first-order valence-corrected chi connectivity index (χ1v) is 7.64. The number of esters is 2. The Morgan fingerprint density at radius 1 is 1.20 bits per heavy atom. The average Bonchev–Trinajstić information content (AvgIpc) is 2.56. The maximum atomic E-state index is 12.2. The first-order chi connectivity index (χ1) is 11.8. The molecule has 0 fully saturated rings. The van der Waals surface area contributed by atoms with Crippen LogP contribution in [-0.2, 0) is 19.1 Å². The van der Waals surface area contributed by atoms with Gasteiger partial charge in [0.05, 0.1) is 13.2 Å². The molecule has 0 radical (unpaired) electrons. The van der Waals surface area contributed by atoms with Crippen molar-refractivity contribution in [2.24, 2.45) is 5.73 Å². The van der Waals surface area contributed by atoms with E-state index in [2.05, 4.69) is 4.74 Å². The molecule has 0 bridgehead atoms. The molecule has 0 saturated heterocycles. The summed E-state index contributed by atoms with van der Waals surface area (Å²) in [4.78, 5) is 22.0. The molecule has 0 spiro atoms. The van der Waals surface area contributed by atoms with Crippen LogP contribution in [0.3, 0.4) is 0 Å². The van der Waals surface area contributed by atoms with Crippen LogP contribution in [0.1, 0.15) is 31.4 Å². The highest BCUT2D eigenvalue weighted by atomic mass is 19.4. The van der Waals surface area contributed by atoms with E-state index in [0.29, 0.717) is 24.3 Å². The summed E-state index contributed by atoms with van der Waals surface area (Å²) in [5.74, 6) is -2.13. The van der Waals surface area contributed by atoms with Gasteiger partial charge in [0, 0.05) is 13.0 Å². The highest BCUT2D eigenvalue weighted by Gasteiger charge is 2.42. The Morgan fingerprint density at radius 2 is 1.84 bits per heavy atom. The second-order valence-corrected chi connectivity index (χ2v) is 4.95. The van der Waals surface area contributed by atoms with Crippen LogP contribution >= 0.6 is 0 Å². The van der Waals surface area contributed by atoms with E-state index in [9.17, 15) is 22.8 Å². The summed E-state index contributed by atoms with van der Waals surface area (Å²) in [6, 6.07) is 5.96. The minimum atomic E-state index is -5.07. The Bertz CT molecular complexity index is 560. The zero-order valence-corrected chi connectivity index (χ0v) is 13.7. The van der Waals surface area contributed by atoms with Gasteiger partial charge in [-0.05, 0) is 31.0 Å². The van der Waals surface area contributed by atoms with E-state index in [1.54, 1.807) is 6.92 Å². The number of carbonyl (C=O) groups excluding carboxylic acids is 2. The molecule has 1 aromatic carbocycles. The molecule has 0 amide bonds. The van der Waals surface area contributed by atoms with Gasteiger partial charge in [-0.2, -0.15) is 13.2 Å². The molecule has 2 N–H and O–H groups in total. The van der Waals surface area contributed by atoms with Crippen LogP contribution in [0, 0.1) is 0 Å². The Morgan fingerprint density at radius 3 is 2.36 bits per heavy atom. The molecular formula is C16H20F3NO5. The van der Waals surface area contributed by atoms with E-state index in [4.69, 9.17) is 15.2 Å². The first kappa shape index (κ1) is 20.8. The van der Waals surface area contributed by atoms with Crippen LogP contribution in [0.15, 0.2) is 24.3 Å². The molecule has 0 aromatic heterocycles. The third-order valence-electron chi connectivity index (χ3n) is 3.05. The van der Waals surface area contributed by atoms with E-state index in [0.717, 1.165) is 0 Å². The molecule has 1 rings (SSSR count). The molecule has 9 heteroatoms. The molecule has 0 heterocycles. The van der Waals surface area contributed by atoms with Gasteiger partial charge in [0.15, 0.2) is 0 Å². The van der Waals surface area contributed by atoms with Crippen molar-refractivity contribution >= 4 is 11.9 Å². The zero-order valence-electron chi connectivity index (χ0n) is 13.7. The van der Waals surface area contributed by atoms with Crippen molar-refractivity contribution in [1.82, 2.24) is 0 Å². The van der Waals surface area contributed by atoms with Gasteiger partial charge in [-0.25, -0.2) is 4.79 Å². The Balaban J connectivity index is 2.51. The molecule has 0 aliphatic rings. The highest BCUT2D eigenvalue weighted by molar-refractivity contribution is 5.75. The number of hydrogen-bond donors (Lipinski definition) is 1. The van der Waals surface area contributed by atoms with Crippen molar-refractivity contribution in [2.75, 3.05) is 19.8 Å². The summed E-state index contributed by atoms with van der Waals surface area (Å²) in [5.41, 5.74) is 5.68. The maximum absolute atomic E-state index is 12.2. The molecule has 6 nitrogen and oxygen atoms in total. The molecule has 0 saturated carbocycles. The van der Waals surface area contributed by atoms with E-state index in [-0.39, 0.29) is 25.5 Å². The van der Waals surface area contributed by atoms with Gasteiger partial charge >= 0.3 is 18.1 Å². The van der Waals surface area contributed by atoms with Crippen molar-refractivity contribution in [3.63, 3.8) is 0 Å². The molecule has 0 aliphatic carbocycles. The van der Waals surface area contributed by atoms with Crippen molar-refractivity contribution in [3.8, 4) is 5.75 Å². The van der Waals surface area contributed by atoms with Gasteiger partial charge in [-0.1, -0.05) is 12.1 Å². The van der Waals surface area contributed by atoms with Crippen LogP contribution in [0.4, 0.5) is 13.2 Å². The lowest BCUT2D eigenvalue weighted by atomic mass is 10.1. The van der Waals surface area contributed by atoms with E-state index < -0.39 is 18.2 Å². The van der Waals surface area contributed by atoms with E-state index in [1.807, 2.05) is 0 Å². The number of alkyl halides is 3. The second kappa shape index (κ2) is 9.87. The molecule has 25 heavy (non-hydrogen) atoms. The summed E-state index contributed by atoms with van der Waals surface area (Å²) in [7, 11) is 0. The maximum Gasteiger partial charge on any atom is 0.490 e. The Kier molecular flexibility index (Phi) is 8.20. The van der Waals surface area contributed by atoms with Crippen molar-refractivity contribution in [1.29, 1.82) is 0 Å². The van der Waals surface area contributed by atoms with Crippen LogP contribution in [0.5, 0.6) is 5.75 Å². The lowest BCUT2D eigenvalue weighted by Gasteiger charge is -2.17. The lowest BCUT2D eigenvalue weighted by molar-refractivity contribution is -0.204. The smallest absolute Gasteiger partial charge is 0.490 e. The number of hydrogen-bond acceptors (Lipinski definition) is 6. The van der Waals surface area contributed by atoms with Gasteiger partial charge in [0.1, 0.15) is 11.9 Å². The number of nitrogens with two attached hydrogens (primary N) is 1. The lowest BCUT2D eigenvalue weighted by Crippen LogP contribution is -2.29. The monoisotopic (exact) mass is 363 g/mol. The molecule has 1 aromatic rings. The Labute approximate surface area is 143 Å². The van der Waals surface area contributed by atoms with Gasteiger partial charge in [0.25, 0.3) is 0 Å². The fourth-order valence-electron chi connectivity index (χ4n) is 1.87. The van der Waals surface area contributed by atoms with E-state index >= 15 is 0 Å². The number of benzene rings is 1. The minimum Gasteiger partial charge on any atom is -0.494 e. The van der Waals surface area contributed by atoms with Gasteiger partial charge in [0.2, 0.25) is 0 Å². The zero-order chi connectivity index (χ0) is 18.9. The third-order valence-corrected chi connectivity index (χ3v) is 3.05. The molecular weight excluding hydrogens is 343 g/mol. The number of halogens is 3. The quantitative estimate of drug-likeness (QED) is 0.536. The number of ether oxygens (including phenoxy) is 3. The topological polar surface area (TPSA) is 87.8 Å². The third kappa shape index (κ3) is 7.42. The van der Waals surface area contributed by atoms with Crippen molar-refractivity contribution < 1.29 is 37.0 Å². The van der Waals surface area contributed by atoms with Crippen LogP contribution in [-0.4, -0.2) is 37.9 Å². The fourth-order valence-corrected chi connectivity index (χ4v) is 1.87. The molecule has 140 valence electrons. The van der Waals surface area contributed by atoms with Crippen molar-refractivity contribution in [3.05, 3.63) is 29.8 Å².